The van der Waals surface area contributed by atoms with Crippen LogP contribution in [0.25, 0.3) is 10.6 Å². The number of hydrogen-bond donors (Lipinski definition) is 0. The molecule has 2 aliphatic heterocycles. The Morgan fingerprint density at radius 2 is 2.10 bits per heavy atom. The first-order chi connectivity index (χ1) is 14.8. The van der Waals surface area contributed by atoms with Gasteiger partial charge in [0.25, 0.3) is 0 Å². The van der Waals surface area contributed by atoms with Gasteiger partial charge in [-0.05, 0) is 31.4 Å². The maximum absolute atomic E-state index is 5.33. The van der Waals surface area contributed by atoms with Gasteiger partial charge < -0.3 is 4.74 Å². The highest BCUT2D eigenvalue weighted by atomic mass is 32.1. The summed E-state index contributed by atoms with van der Waals surface area (Å²) >= 11 is 1.75. The Bertz CT molecular complexity index is 1080. The van der Waals surface area contributed by atoms with E-state index in [1.165, 1.54) is 29.0 Å². The number of rotatable bonds is 5. The highest BCUT2D eigenvalue weighted by molar-refractivity contribution is 7.15. The van der Waals surface area contributed by atoms with Crippen LogP contribution in [0.5, 0.6) is 5.75 Å². The van der Waals surface area contributed by atoms with Crippen molar-refractivity contribution in [2.45, 2.75) is 38.8 Å². The molecule has 1 aromatic carbocycles. The molecule has 7 heteroatoms. The smallest absolute Gasteiger partial charge is 0.173 e. The third-order valence-corrected chi connectivity index (χ3v) is 6.68. The van der Waals surface area contributed by atoms with E-state index in [0.717, 1.165) is 66.9 Å². The topological polar surface area (TPSA) is 63.5 Å². The first-order valence-corrected chi connectivity index (χ1v) is 11.3. The molecule has 0 saturated carbocycles. The molecule has 0 aliphatic carbocycles. The zero-order valence-corrected chi connectivity index (χ0v) is 18.0. The predicted molar refractivity (Wildman–Crippen MR) is 119 cm³/mol. The van der Waals surface area contributed by atoms with Crippen molar-refractivity contribution in [1.29, 1.82) is 0 Å². The Hall–Kier alpha value is -2.64. The summed E-state index contributed by atoms with van der Waals surface area (Å²) in [6.07, 6.45) is 8.34. The summed E-state index contributed by atoms with van der Waals surface area (Å²) in [6, 6.07) is 8.07. The quantitative estimate of drug-likeness (QED) is 0.622. The van der Waals surface area contributed by atoms with Gasteiger partial charge >= 0.3 is 0 Å². The fourth-order valence-electron chi connectivity index (χ4n) is 4.02. The molecule has 0 atom stereocenters. The van der Waals surface area contributed by atoms with E-state index in [1.807, 2.05) is 30.6 Å². The number of aliphatic imine (C=N–C) groups is 1. The van der Waals surface area contributed by atoms with Crippen molar-refractivity contribution in [2.75, 3.05) is 20.2 Å². The third-order valence-electron chi connectivity index (χ3n) is 5.65. The van der Waals surface area contributed by atoms with Gasteiger partial charge in [0.2, 0.25) is 0 Å². The predicted octanol–water partition coefficient (Wildman–Crippen LogP) is 4.14. The minimum Gasteiger partial charge on any atom is -0.497 e. The first-order valence-electron chi connectivity index (χ1n) is 10.5. The average molecular weight is 420 g/mol. The number of benzene rings is 1. The molecule has 4 heterocycles. The second-order valence-electron chi connectivity index (χ2n) is 7.78. The van der Waals surface area contributed by atoms with Crippen LogP contribution >= 0.6 is 11.3 Å². The molecular weight excluding hydrogens is 394 g/mol. The van der Waals surface area contributed by atoms with Crippen LogP contribution in [0, 0.1) is 0 Å². The fraction of sp³-hybridized carbons (Fsp3) is 0.391. The molecule has 0 bridgehead atoms. The molecular formula is C23H25N5OS. The molecule has 0 radical (unpaired) electrons. The van der Waals surface area contributed by atoms with Crippen molar-refractivity contribution in [3.63, 3.8) is 0 Å². The maximum atomic E-state index is 5.33. The van der Waals surface area contributed by atoms with Crippen molar-refractivity contribution in [3.05, 3.63) is 58.6 Å². The van der Waals surface area contributed by atoms with E-state index in [2.05, 4.69) is 25.9 Å². The van der Waals surface area contributed by atoms with Gasteiger partial charge in [0, 0.05) is 61.0 Å². The summed E-state index contributed by atoms with van der Waals surface area (Å²) < 4.78 is 5.33. The number of hydrogen-bond acceptors (Lipinski definition) is 7. The van der Waals surface area contributed by atoms with E-state index < -0.39 is 0 Å². The van der Waals surface area contributed by atoms with Crippen molar-refractivity contribution >= 4 is 17.0 Å². The number of methoxy groups -OCH3 is 1. The lowest BCUT2D eigenvalue weighted by atomic mass is 10.1. The van der Waals surface area contributed by atoms with E-state index in [9.17, 15) is 0 Å². The van der Waals surface area contributed by atoms with Crippen LogP contribution in [-0.2, 0) is 19.5 Å². The molecule has 0 saturated heterocycles. The van der Waals surface area contributed by atoms with Gasteiger partial charge in [-0.15, -0.1) is 11.3 Å². The van der Waals surface area contributed by atoms with Crippen molar-refractivity contribution < 1.29 is 4.74 Å². The Labute approximate surface area is 180 Å². The zero-order valence-electron chi connectivity index (χ0n) is 17.2. The van der Waals surface area contributed by atoms with Gasteiger partial charge in [0.05, 0.1) is 18.5 Å². The van der Waals surface area contributed by atoms with Gasteiger partial charge in [0.1, 0.15) is 10.8 Å². The summed E-state index contributed by atoms with van der Waals surface area (Å²) in [5.74, 6) is 1.70. The molecule has 0 unspecified atom stereocenters. The molecule has 6 nitrogen and oxygen atoms in total. The SMILES string of the molecule is COc1cccc(-c2ncc(CN3CCc4nc(C5=NCCCC5)ncc4C3)s2)c1. The summed E-state index contributed by atoms with van der Waals surface area (Å²) in [5, 5.41) is 1.03. The van der Waals surface area contributed by atoms with Crippen LogP contribution in [0.4, 0.5) is 0 Å². The van der Waals surface area contributed by atoms with Crippen LogP contribution in [0.2, 0.25) is 0 Å². The highest BCUT2D eigenvalue weighted by Gasteiger charge is 2.21. The Morgan fingerprint density at radius 1 is 1.13 bits per heavy atom. The minimum atomic E-state index is 0.840. The summed E-state index contributed by atoms with van der Waals surface area (Å²) in [7, 11) is 1.69. The molecule has 5 rings (SSSR count). The summed E-state index contributed by atoms with van der Waals surface area (Å²) in [6.45, 7) is 3.70. The number of thiazole rings is 1. The molecule has 0 N–H and O–H groups in total. The van der Waals surface area contributed by atoms with Crippen molar-refractivity contribution in [2.24, 2.45) is 4.99 Å². The van der Waals surface area contributed by atoms with E-state index >= 15 is 0 Å². The fourth-order valence-corrected chi connectivity index (χ4v) is 4.97. The summed E-state index contributed by atoms with van der Waals surface area (Å²) in [5.41, 5.74) is 4.60. The first kappa shape index (κ1) is 19.3. The number of fused-ring (bicyclic) bond motifs is 1. The zero-order chi connectivity index (χ0) is 20.3. The Morgan fingerprint density at radius 3 is 2.97 bits per heavy atom. The molecule has 30 heavy (non-hydrogen) atoms. The lowest BCUT2D eigenvalue weighted by molar-refractivity contribution is 0.245. The lowest BCUT2D eigenvalue weighted by Crippen LogP contribution is -2.31. The average Bonchev–Trinajstić information content (AvgIpc) is 3.28. The summed E-state index contributed by atoms with van der Waals surface area (Å²) in [4.78, 5) is 22.5. The molecule has 0 fully saturated rings. The Balaban J connectivity index is 1.27. The van der Waals surface area contributed by atoms with Crippen LogP contribution in [-0.4, -0.2) is 45.8 Å². The van der Waals surface area contributed by atoms with E-state index in [-0.39, 0.29) is 0 Å². The van der Waals surface area contributed by atoms with Crippen LogP contribution in [0.15, 0.2) is 41.7 Å². The number of ether oxygens (including phenoxy) is 1. The molecule has 2 aromatic heterocycles. The normalized spacial score (nSPS) is 16.8. The van der Waals surface area contributed by atoms with Gasteiger partial charge in [-0.2, -0.15) is 0 Å². The molecule has 0 amide bonds. The Kier molecular flexibility index (Phi) is 5.55. The largest absolute Gasteiger partial charge is 0.497 e. The highest BCUT2D eigenvalue weighted by Crippen LogP contribution is 2.29. The third kappa shape index (κ3) is 4.13. The molecule has 154 valence electrons. The molecule has 0 spiro atoms. The van der Waals surface area contributed by atoms with E-state index in [1.54, 1.807) is 18.4 Å². The second kappa shape index (κ2) is 8.62. The second-order valence-corrected chi connectivity index (χ2v) is 8.89. The van der Waals surface area contributed by atoms with Gasteiger partial charge in [0.15, 0.2) is 5.82 Å². The molecule has 2 aliphatic rings. The van der Waals surface area contributed by atoms with Gasteiger partial charge in [-0.25, -0.2) is 15.0 Å². The van der Waals surface area contributed by atoms with E-state index in [0.29, 0.717) is 0 Å². The van der Waals surface area contributed by atoms with Gasteiger partial charge in [-0.3, -0.25) is 9.89 Å². The minimum absolute atomic E-state index is 0.840. The van der Waals surface area contributed by atoms with E-state index in [4.69, 9.17) is 9.72 Å². The van der Waals surface area contributed by atoms with Crippen LogP contribution in [0.1, 0.15) is 41.2 Å². The maximum Gasteiger partial charge on any atom is 0.173 e. The van der Waals surface area contributed by atoms with Crippen LogP contribution < -0.4 is 4.74 Å². The number of aromatic nitrogens is 3. The standard InChI is InChI=1S/C23H25N5OS/c1-29-18-6-4-5-16(11-18)23-26-13-19(30-23)15-28-10-8-20-17(14-28)12-25-22(27-20)21-7-2-3-9-24-21/h4-6,11-13H,2-3,7-10,14-15H2,1H3. The van der Waals surface area contributed by atoms with Crippen molar-refractivity contribution in [1.82, 2.24) is 19.9 Å². The van der Waals surface area contributed by atoms with Gasteiger partial charge in [-0.1, -0.05) is 12.1 Å². The van der Waals surface area contributed by atoms with Crippen molar-refractivity contribution in [3.8, 4) is 16.3 Å². The molecule has 3 aromatic rings. The monoisotopic (exact) mass is 419 g/mol. The lowest BCUT2D eigenvalue weighted by Gasteiger charge is -2.27. The van der Waals surface area contributed by atoms with Crippen LogP contribution in [0.3, 0.4) is 0 Å². The number of nitrogens with zero attached hydrogens (tertiary/aromatic N) is 5.